The van der Waals surface area contributed by atoms with Crippen molar-refractivity contribution in [2.24, 2.45) is 0 Å². The molecule has 0 aliphatic heterocycles. The van der Waals surface area contributed by atoms with Crippen molar-refractivity contribution in [3.8, 4) is 6.07 Å². The molecule has 0 bridgehead atoms. The molecule has 2 aromatic carbocycles. The number of rotatable bonds is 4. The summed E-state index contributed by atoms with van der Waals surface area (Å²) in [6, 6.07) is 17.0. The molecule has 0 radical (unpaired) electrons. The maximum Gasteiger partial charge on any atom is 0.267 e. The van der Waals surface area contributed by atoms with Crippen LogP contribution in [0.25, 0.3) is 0 Å². The molecular weight excluding hydrogens is 274 g/mol. The van der Waals surface area contributed by atoms with E-state index in [1.165, 1.54) is 6.20 Å². The molecular formula is C18H17N3O. The minimum absolute atomic E-state index is 0.0158. The van der Waals surface area contributed by atoms with E-state index in [2.05, 4.69) is 10.6 Å². The highest BCUT2D eigenvalue weighted by Gasteiger charge is 2.09. The van der Waals surface area contributed by atoms with Gasteiger partial charge in [-0.2, -0.15) is 5.26 Å². The molecule has 0 saturated heterocycles. The number of amides is 1. The van der Waals surface area contributed by atoms with Crippen LogP contribution in [0.4, 0.5) is 11.4 Å². The van der Waals surface area contributed by atoms with Crippen LogP contribution in [-0.2, 0) is 4.79 Å². The first-order valence-electron chi connectivity index (χ1n) is 6.90. The third-order valence-corrected chi connectivity index (χ3v) is 3.08. The molecule has 0 unspecified atom stereocenters. The summed E-state index contributed by atoms with van der Waals surface area (Å²) in [5.41, 5.74) is 3.71. The third kappa shape index (κ3) is 4.22. The van der Waals surface area contributed by atoms with E-state index < -0.39 is 5.91 Å². The Morgan fingerprint density at radius 3 is 2.41 bits per heavy atom. The van der Waals surface area contributed by atoms with Gasteiger partial charge in [0.2, 0.25) is 0 Å². The highest BCUT2D eigenvalue weighted by Crippen LogP contribution is 2.12. The lowest BCUT2D eigenvalue weighted by atomic mass is 10.2. The summed E-state index contributed by atoms with van der Waals surface area (Å²) in [5, 5.41) is 14.8. The average molecular weight is 291 g/mol. The highest BCUT2D eigenvalue weighted by molar-refractivity contribution is 6.06. The lowest BCUT2D eigenvalue weighted by Gasteiger charge is -2.06. The zero-order valence-electron chi connectivity index (χ0n) is 12.6. The molecule has 0 aliphatic rings. The second-order valence-electron chi connectivity index (χ2n) is 5.00. The minimum atomic E-state index is -0.438. The summed E-state index contributed by atoms with van der Waals surface area (Å²) >= 11 is 0. The fourth-order valence-corrected chi connectivity index (χ4v) is 1.87. The Hall–Kier alpha value is -3.06. The van der Waals surface area contributed by atoms with E-state index in [0.29, 0.717) is 5.69 Å². The third-order valence-electron chi connectivity index (χ3n) is 3.08. The van der Waals surface area contributed by atoms with Crippen LogP contribution < -0.4 is 10.6 Å². The number of nitrogens with zero attached hydrogens (tertiary/aromatic N) is 1. The molecule has 0 atom stereocenters. The molecule has 2 aromatic rings. The number of anilines is 2. The van der Waals surface area contributed by atoms with Gasteiger partial charge in [-0.25, -0.2) is 0 Å². The number of nitrogens with one attached hydrogen (secondary N) is 2. The number of carbonyl (C=O) groups excluding carboxylic acids is 1. The van der Waals surface area contributed by atoms with E-state index in [1.807, 2.05) is 56.3 Å². The van der Waals surface area contributed by atoms with Crippen molar-refractivity contribution in [1.29, 1.82) is 5.26 Å². The molecule has 0 aliphatic carbocycles. The number of hydrogen-bond acceptors (Lipinski definition) is 3. The van der Waals surface area contributed by atoms with Crippen LogP contribution in [-0.4, -0.2) is 5.91 Å². The van der Waals surface area contributed by atoms with Gasteiger partial charge in [0.1, 0.15) is 11.6 Å². The van der Waals surface area contributed by atoms with Gasteiger partial charge in [-0.05, 0) is 43.7 Å². The van der Waals surface area contributed by atoms with E-state index in [9.17, 15) is 4.79 Å². The van der Waals surface area contributed by atoms with Crippen molar-refractivity contribution in [3.05, 3.63) is 71.4 Å². The summed E-state index contributed by atoms with van der Waals surface area (Å²) in [7, 11) is 0. The van der Waals surface area contributed by atoms with Crippen LogP contribution in [0.2, 0.25) is 0 Å². The van der Waals surface area contributed by atoms with Gasteiger partial charge in [0, 0.05) is 17.6 Å². The van der Waals surface area contributed by atoms with Crippen molar-refractivity contribution >= 4 is 17.3 Å². The number of aryl methyl sites for hydroxylation is 2. The van der Waals surface area contributed by atoms with Crippen molar-refractivity contribution < 1.29 is 4.79 Å². The topological polar surface area (TPSA) is 64.9 Å². The van der Waals surface area contributed by atoms with Crippen LogP contribution in [0.3, 0.4) is 0 Å². The molecule has 4 nitrogen and oxygen atoms in total. The van der Waals surface area contributed by atoms with Crippen molar-refractivity contribution in [1.82, 2.24) is 0 Å². The molecule has 1 amide bonds. The Kier molecular flexibility index (Phi) is 4.94. The monoisotopic (exact) mass is 291 g/mol. The van der Waals surface area contributed by atoms with Gasteiger partial charge < -0.3 is 10.6 Å². The Morgan fingerprint density at radius 1 is 1.05 bits per heavy atom. The summed E-state index contributed by atoms with van der Waals surface area (Å²) in [6.07, 6.45) is 1.41. The Morgan fingerprint density at radius 2 is 1.77 bits per heavy atom. The Bertz CT molecular complexity index is 740. The standard InChI is InChI=1S/C18H17N3O/c1-13-6-8-16(9-7-13)21-18(22)15(11-19)12-20-17-5-3-4-14(2)10-17/h3-10,12,20H,1-2H3,(H,21,22)/b15-12-. The van der Waals surface area contributed by atoms with Crippen LogP contribution in [0, 0.1) is 25.2 Å². The van der Waals surface area contributed by atoms with Crippen LogP contribution in [0.15, 0.2) is 60.3 Å². The van der Waals surface area contributed by atoms with Crippen LogP contribution in [0.1, 0.15) is 11.1 Å². The molecule has 0 saturated carbocycles. The average Bonchev–Trinajstić information content (AvgIpc) is 2.50. The fraction of sp³-hybridized carbons (Fsp3) is 0.111. The first-order chi connectivity index (χ1) is 10.6. The molecule has 110 valence electrons. The first kappa shape index (κ1) is 15.3. The molecule has 4 heteroatoms. The number of carbonyl (C=O) groups is 1. The SMILES string of the molecule is Cc1ccc(NC(=O)/C(C#N)=C\Nc2cccc(C)c2)cc1. The molecule has 2 N–H and O–H groups in total. The van der Waals surface area contributed by atoms with Gasteiger partial charge in [0.15, 0.2) is 0 Å². The zero-order chi connectivity index (χ0) is 15.9. The van der Waals surface area contributed by atoms with E-state index in [1.54, 1.807) is 12.1 Å². The summed E-state index contributed by atoms with van der Waals surface area (Å²) in [6.45, 7) is 3.95. The van der Waals surface area contributed by atoms with Gasteiger partial charge in [-0.15, -0.1) is 0 Å². The Balaban J connectivity index is 2.07. The van der Waals surface area contributed by atoms with Crippen LogP contribution in [0.5, 0.6) is 0 Å². The number of hydrogen-bond donors (Lipinski definition) is 2. The van der Waals surface area contributed by atoms with E-state index in [4.69, 9.17) is 5.26 Å². The number of nitriles is 1. The van der Waals surface area contributed by atoms with Gasteiger partial charge in [0.05, 0.1) is 0 Å². The first-order valence-corrected chi connectivity index (χ1v) is 6.90. The van der Waals surface area contributed by atoms with Crippen molar-refractivity contribution in [2.45, 2.75) is 13.8 Å². The second-order valence-corrected chi connectivity index (χ2v) is 5.00. The smallest absolute Gasteiger partial charge is 0.267 e. The quantitative estimate of drug-likeness (QED) is 0.666. The van der Waals surface area contributed by atoms with Gasteiger partial charge in [-0.3, -0.25) is 4.79 Å². The van der Waals surface area contributed by atoms with Gasteiger partial charge >= 0.3 is 0 Å². The molecule has 22 heavy (non-hydrogen) atoms. The van der Waals surface area contributed by atoms with Gasteiger partial charge in [-0.1, -0.05) is 29.8 Å². The largest absolute Gasteiger partial charge is 0.360 e. The van der Waals surface area contributed by atoms with Gasteiger partial charge in [0.25, 0.3) is 5.91 Å². The fourth-order valence-electron chi connectivity index (χ4n) is 1.87. The molecule has 0 aromatic heterocycles. The maximum atomic E-state index is 12.1. The lowest BCUT2D eigenvalue weighted by molar-refractivity contribution is -0.112. The maximum absolute atomic E-state index is 12.1. The molecule has 0 fully saturated rings. The van der Waals surface area contributed by atoms with E-state index in [0.717, 1.165) is 16.8 Å². The highest BCUT2D eigenvalue weighted by atomic mass is 16.1. The minimum Gasteiger partial charge on any atom is -0.360 e. The predicted molar refractivity (Wildman–Crippen MR) is 88.3 cm³/mol. The molecule has 0 heterocycles. The summed E-state index contributed by atoms with van der Waals surface area (Å²) in [5.74, 6) is -0.438. The second kappa shape index (κ2) is 7.09. The summed E-state index contributed by atoms with van der Waals surface area (Å²) < 4.78 is 0. The van der Waals surface area contributed by atoms with Crippen LogP contribution >= 0.6 is 0 Å². The van der Waals surface area contributed by atoms with Crippen molar-refractivity contribution in [2.75, 3.05) is 10.6 Å². The Labute approximate surface area is 130 Å². The normalized spacial score (nSPS) is 10.7. The predicted octanol–water partition coefficient (Wildman–Crippen LogP) is 3.76. The lowest BCUT2D eigenvalue weighted by Crippen LogP contribution is -2.14. The van der Waals surface area contributed by atoms with E-state index >= 15 is 0 Å². The van der Waals surface area contributed by atoms with E-state index in [-0.39, 0.29) is 5.57 Å². The molecule has 0 spiro atoms. The molecule has 2 rings (SSSR count). The van der Waals surface area contributed by atoms with Crippen molar-refractivity contribution in [3.63, 3.8) is 0 Å². The zero-order valence-corrected chi connectivity index (χ0v) is 12.6. The summed E-state index contributed by atoms with van der Waals surface area (Å²) in [4.78, 5) is 12.1. The number of benzene rings is 2.